The largest absolute Gasteiger partial charge is 0.399 e. The second-order valence-electron chi connectivity index (χ2n) is 9.99. The summed E-state index contributed by atoms with van der Waals surface area (Å²) in [6.07, 6.45) is 6.16. The normalized spacial score (nSPS) is 14.1. The van der Waals surface area contributed by atoms with Gasteiger partial charge in [0.05, 0.1) is 5.69 Å². The molecule has 0 radical (unpaired) electrons. The average molecular weight is 515 g/mol. The van der Waals surface area contributed by atoms with Gasteiger partial charge in [-0.1, -0.05) is 6.08 Å². The molecule has 1 aliphatic rings. The van der Waals surface area contributed by atoms with E-state index in [1.807, 2.05) is 24.6 Å². The van der Waals surface area contributed by atoms with E-state index in [0.29, 0.717) is 36.3 Å². The SMILES string of the molecule is Cc1cc(C(=O)N(C)C)cc(F)c1C1=CCN(Cc2cc3c(-n4ccc(N)cc4=O)ccnc3n2C)CC1. The van der Waals surface area contributed by atoms with Gasteiger partial charge >= 0.3 is 0 Å². The first kappa shape index (κ1) is 25.4. The number of nitrogen functional groups attached to an aromatic ring is 1. The van der Waals surface area contributed by atoms with Crippen LogP contribution in [-0.2, 0) is 13.6 Å². The maximum atomic E-state index is 15.1. The number of halogens is 1. The summed E-state index contributed by atoms with van der Waals surface area (Å²) in [5.41, 5.74) is 11.3. The van der Waals surface area contributed by atoms with Crippen LogP contribution in [0.25, 0.3) is 22.3 Å². The number of aromatic nitrogens is 3. The van der Waals surface area contributed by atoms with Crippen molar-refractivity contribution in [3.63, 3.8) is 0 Å². The molecule has 0 aliphatic carbocycles. The van der Waals surface area contributed by atoms with Gasteiger partial charge in [0.2, 0.25) is 0 Å². The summed E-state index contributed by atoms with van der Waals surface area (Å²) in [5, 5.41) is 0.884. The number of hydrogen-bond donors (Lipinski definition) is 1. The predicted molar refractivity (Wildman–Crippen MR) is 148 cm³/mol. The van der Waals surface area contributed by atoms with E-state index in [0.717, 1.165) is 40.1 Å². The maximum absolute atomic E-state index is 15.1. The second-order valence-corrected chi connectivity index (χ2v) is 9.99. The number of rotatable bonds is 5. The molecule has 0 atom stereocenters. The van der Waals surface area contributed by atoms with Crippen LogP contribution in [0.5, 0.6) is 0 Å². The van der Waals surface area contributed by atoms with Gasteiger partial charge in [-0.2, -0.15) is 0 Å². The molecular formula is C29H31FN6O2. The van der Waals surface area contributed by atoms with Gasteiger partial charge in [-0.05, 0) is 54.8 Å². The quantitative estimate of drug-likeness (QED) is 0.438. The van der Waals surface area contributed by atoms with E-state index in [2.05, 4.69) is 22.0 Å². The Balaban J connectivity index is 1.39. The Bertz CT molecular complexity index is 1630. The highest BCUT2D eigenvalue weighted by Crippen LogP contribution is 2.30. The smallest absolute Gasteiger partial charge is 0.257 e. The number of aryl methyl sites for hydroxylation is 2. The number of nitrogens with zero attached hydrogens (tertiary/aromatic N) is 5. The van der Waals surface area contributed by atoms with E-state index in [1.54, 1.807) is 43.2 Å². The fraction of sp³-hybridized carbons (Fsp3) is 0.276. The number of pyridine rings is 2. The standard InChI is InChI=1S/C29H31FN6O2/c1-18-13-20(29(38)33(2)3)14-24(30)27(18)19-6-10-35(11-7-19)17-22-16-23-25(5-9-32-28(23)34(22)4)36-12-8-21(31)15-26(36)37/h5-6,8-9,12-16H,7,10-11,17,31H2,1-4H3. The molecule has 5 rings (SSSR count). The Morgan fingerprint density at radius 2 is 1.97 bits per heavy atom. The molecule has 0 saturated carbocycles. The summed E-state index contributed by atoms with van der Waals surface area (Å²) >= 11 is 0. The molecule has 2 N–H and O–H groups in total. The van der Waals surface area contributed by atoms with Crippen LogP contribution in [0.2, 0.25) is 0 Å². The zero-order valence-electron chi connectivity index (χ0n) is 22.0. The molecule has 4 heterocycles. The molecule has 0 spiro atoms. The molecule has 1 amide bonds. The van der Waals surface area contributed by atoms with E-state index in [4.69, 9.17) is 5.73 Å². The number of anilines is 1. The van der Waals surface area contributed by atoms with E-state index < -0.39 is 0 Å². The summed E-state index contributed by atoms with van der Waals surface area (Å²) in [6, 6.07) is 10.1. The first-order valence-electron chi connectivity index (χ1n) is 12.5. The Labute approximate surface area is 220 Å². The van der Waals surface area contributed by atoms with Gasteiger partial charge in [0.25, 0.3) is 11.5 Å². The number of amides is 1. The van der Waals surface area contributed by atoms with Crippen LogP contribution < -0.4 is 11.3 Å². The fourth-order valence-electron chi connectivity index (χ4n) is 5.16. The summed E-state index contributed by atoms with van der Waals surface area (Å²) < 4.78 is 18.7. The first-order valence-corrected chi connectivity index (χ1v) is 12.5. The van der Waals surface area contributed by atoms with Crippen LogP contribution in [0.15, 0.2) is 59.7 Å². The Morgan fingerprint density at radius 3 is 2.63 bits per heavy atom. The maximum Gasteiger partial charge on any atom is 0.257 e. The highest BCUT2D eigenvalue weighted by molar-refractivity contribution is 5.94. The van der Waals surface area contributed by atoms with Crippen LogP contribution in [-0.4, -0.2) is 57.0 Å². The molecule has 4 aromatic rings. The van der Waals surface area contributed by atoms with E-state index in [9.17, 15) is 9.59 Å². The number of fused-ring (bicyclic) bond motifs is 1. The highest BCUT2D eigenvalue weighted by Gasteiger charge is 2.21. The lowest BCUT2D eigenvalue weighted by atomic mass is 9.93. The molecule has 0 fully saturated rings. The van der Waals surface area contributed by atoms with Crippen molar-refractivity contribution in [1.82, 2.24) is 23.9 Å². The van der Waals surface area contributed by atoms with Crippen molar-refractivity contribution >= 4 is 28.2 Å². The van der Waals surface area contributed by atoms with Gasteiger partial charge in [0.15, 0.2) is 0 Å². The topological polar surface area (TPSA) is 89.4 Å². The van der Waals surface area contributed by atoms with Crippen LogP contribution in [0.1, 0.15) is 33.6 Å². The minimum absolute atomic E-state index is 0.196. The number of nitrogens with two attached hydrogens (primary N) is 1. The van der Waals surface area contributed by atoms with Crippen LogP contribution in [0.3, 0.4) is 0 Å². The molecule has 1 aromatic carbocycles. The van der Waals surface area contributed by atoms with Gasteiger partial charge in [0, 0.05) is 87.1 Å². The summed E-state index contributed by atoms with van der Waals surface area (Å²) in [4.78, 5) is 33.2. The molecule has 1 aliphatic heterocycles. The number of hydrogen-bond acceptors (Lipinski definition) is 5. The third kappa shape index (κ3) is 4.61. The second kappa shape index (κ2) is 9.90. The third-order valence-corrected chi connectivity index (χ3v) is 7.15. The molecule has 3 aromatic heterocycles. The number of carbonyl (C=O) groups is 1. The third-order valence-electron chi connectivity index (χ3n) is 7.15. The van der Waals surface area contributed by atoms with Crippen molar-refractivity contribution < 1.29 is 9.18 Å². The van der Waals surface area contributed by atoms with Crippen molar-refractivity contribution in [2.75, 3.05) is 32.9 Å². The van der Waals surface area contributed by atoms with Crippen LogP contribution in [0, 0.1) is 12.7 Å². The fourth-order valence-corrected chi connectivity index (χ4v) is 5.16. The van der Waals surface area contributed by atoms with Gasteiger partial charge < -0.3 is 15.2 Å². The molecular weight excluding hydrogens is 483 g/mol. The van der Waals surface area contributed by atoms with Gasteiger partial charge in [-0.3, -0.25) is 19.1 Å². The lowest BCUT2D eigenvalue weighted by molar-refractivity contribution is 0.0827. The molecule has 8 nitrogen and oxygen atoms in total. The molecule has 0 bridgehead atoms. The van der Waals surface area contributed by atoms with Crippen molar-refractivity contribution in [2.45, 2.75) is 19.9 Å². The zero-order valence-corrected chi connectivity index (χ0v) is 22.0. The van der Waals surface area contributed by atoms with Crippen molar-refractivity contribution in [3.8, 4) is 5.69 Å². The Hall–Kier alpha value is -4.24. The minimum atomic E-state index is -0.361. The average Bonchev–Trinajstić information content (AvgIpc) is 3.19. The van der Waals surface area contributed by atoms with Gasteiger partial charge in [0.1, 0.15) is 11.5 Å². The minimum Gasteiger partial charge on any atom is -0.399 e. The Kier molecular flexibility index (Phi) is 6.62. The first-order chi connectivity index (χ1) is 18.1. The van der Waals surface area contributed by atoms with E-state index in [-0.39, 0.29) is 17.3 Å². The monoisotopic (exact) mass is 514 g/mol. The lowest BCUT2D eigenvalue weighted by Gasteiger charge is -2.27. The van der Waals surface area contributed by atoms with Crippen molar-refractivity contribution in [3.05, 3.63) is 93.4 Å². The molecule has 38 heavy (non-hydrogen) atoms. The molecule has 0 unspecified atom stereocenters. The van der Waals surface area contributed by atoms with Crippen LogP contribution >= 0.6 is 0 Å². The lowest BCUT2D eigenvalue weighted by Crippen LogP contribution is -2.29. The highest BCUT2D eigenvalue weighted by atomic mass is 19.1. The van der Waals surface area contributed by atoms with E-state index in [1.165, 1.54) is 17.0 Å². The molecule has 196 valence electrons. The van der Waals surface area contributed by atoms with Crippen LogP contribution in [0.4, 0.5) is 10.1 Å². The number of benzene rings is 1. The Morgan fingerprint density at radius 1 is 1.18 bits per heavy atom. The summed E-state index contributed by atoms with van der Waals surface area (Å²) in [7, 11) is 5.29. The molecule has 0 saturated heterocycles. The van der Waals surface area contributed by atoms with Crippen molar-refractivity contribution in [1.29, 1.82) is 0 Å². The summed E-state index contributed by atoms with van der Waals surface area (Å²) in [5.74, 6) is -0.573. The predicted octanol–water partition coefficient (Wildman–Crippen LogP) is 3.75. The number of carbonyl (C=O) groups excluding carboxylic acids is 1. The summed E-state index contributed by atoms with van der Waals surface area (Å²) in [6.45, 7) is 3.98. The zero-order chi connectivity index (χ0) is 27.1. The van der Waals surface area contributed by atoms with Gasteiger partial charge in [-0.25, -0.2) is 9.37 Å². The molecule has 9 heteroatoms. The van der Waals surface area contributed by atoms with E-state index >= 15 is 4.39 Å². The van der Waals surface area contributed by atoms with Crippen molar-refractivity contribution in [2.24, 2.45) is 7.05 Å². The van der Waals surface area contributed by atoms with Gasteiger partial charge in [-0.15, -0.1) is 0 Å².